The summed E-state index contributed by atoms with van der Waals surface area (Å²) in [5.74, 6) is 0.186. The van der Waals surface area contributed by atoms with Crippen LogP contribution in [-0.2, 0) is 6.54 Å². The van der Waals surface area contributed by atoms with Gasteiger partial charge in [-0.25, -0.2) is 4.98 Å². The van der Waals surface area contributed by atoms with E-state index in [1.54, 1.807) is 24.3 Å². The van der Waals surface area contributed by atoms with Crippen molar-refractivity contribution in [3.05, 3.63) is 40.4 Å². The predicted octanol–water partition coefficient (Wildman–Crippen LogP) is 1.68. The van der Waals surface area contributed by atoms with E-state index in [9.17, 15) is 4.79 Å². The molecular weight excluding hydrogens is 202 g/mol. The minimum atomic E-state index is -0.135. The van der Waals surface area contributed by atoms with Crippen molar-refractivity contribution in [2.75, 3.05) is 0 Å². The number of aromatic nitrogens is 2. The number of para-hydroxylation sites is 1. The van der Waals surface area contributed by atoms with Gasteiger partial charge in [0.25, 0.3) is 5.56 Å². The Bertz CT molecular complexity index is 622. The van der Waals surface area contributed by atoms with Crippen LogP contribution in [0.15, 0.2) is 29.1 Å². The standard InChI is InChI=1S/C12H11N3O/c1-2-7-15-11(8-13)14-10-6-4-3-5-9(10)12(15)16/h3-6H,2,7H2,1H3. The molecule has 2 rings (SSSR count). The summed E-state index contributed by atoms with van der Waals surface area (Å²) in [5.41, 5.74) is 0.445. The topological polar surface area (TPSA) is 58.7 Å². The van der Waals surface area contributed by atoms with Gasteiger partial charge in [-0.05, 0) is 18.6 Å². The summed E-state index contributed by atoms with van der Waals surface area (Å²) in [5, 5.41) is 9.52. The molecule has 0 aliphatic heterocycles. The van der Waals surface area contributed by atoms with E-state index in [1.165, 1.54) is 4.57 Å². The van der Waals surface area contributed by atoms with Crippen LogP contribution in [-0.4, -0.2) is 9.55 Å². The molecule has 0 aliphatic carbocycles. The summed E-state index contributed by atoms with van der Waals surface area (Å²) in [6.45, 7) is 2.49. The number of hydrogen-bond acceptors (Lipinski definition) is 3. The van der Waals surface area contributed by atoms with Crippen molar-refractivity contribution >= 4 is 10.9 Å². The Morgan fingerprint density at radius 2 is 2.19 bits per heavy atom. The number of fused-ring (bicyclic) bond motifs is 1. The summed E-state index contributed by atoms with van der Waals surface area (Å²) in [6, 6.07) is 9.05. The Labute approximate surface area is 92.8 Å². The first-order chi connectivity index (χ1) is 7.77. The maximum absolute atomic E-state index is 12.1. The van der Waals surface area contributed by atoms with Crippen LogP contribution in [0.2, 0.25) is 0 Å². The SMILES string of the molecule is CCCn1c(C#N)nc2ccccc2c1=O. The third-order valence-electron chi connectivity index (χ3n) is 2.41. The lowest BCUT2D eigenvalue weighted by molar-refractivity contribution is 0.638. The van der Waals surface area contributed by atoms with Crippen LogP contribution in [0.1, 0.15) is 19.2 Å². The molecule has 0 unspecified atom stereocenters. The minimum absolute atomic E-state index is 0.135. The van der Waals surface area contributed by atoms with Crippen molar-refractivity contribution in [3.8, 4) is 6.07 Å². The molecule has 1 heterocycles. The van der Waals surface area contributed by atoms with E-state index in [0.29, 0.717) is 17.4 Å². The Morgan fingerprint density at radius 1 is 1.44 bits per heavy atom. The molecule has 0 atom stereocenters. The van der Waals surface area contributed by atoms with Crippen LogP contribution in [0.5, 0.6) is 0 Å². The average Bonchev–Trinajstić information content (AvgIpc) is 2.33. The van der Waals surface area contributed by atoms with E-state index in [2.05, 4.69) is 4.98 Å². The highest BCUT2D eigenvalue weighted by molar-refractivity contribution is 5.77. The molecule has 0 N–H and O–H groups in total. The van der Waals surface area contributed by atoms with E-state index in [0.717, 1.165) is 6.42 Å². The maximum Gasteiger partial charge on any atom is 0.262 e. The van der Waals surface area contributed by atoms with Gasteiger partial charge in [0.15, 0.2) is 0 Å². The molecule has 0 amide bonds. The van der Waals surface area contributed by atoms with Crippen molar-refractivity contribution in [1.29, 1.82) is 5.26 Å². The first-order valence-electron chi connectivity index (χ1n) is 5.17. The molecule has 1 aromatic carbocycles. The van der Waals surface area contributed by atoms with Gasteiger partial charge in [0.05, 0.1) is 10.9 Å². The lowest BCUT2D eigenvalue weighted by Gasteiger charge is -2.06. The molecule has 2 aromatic rings. The fourth-order valence-electron chi connectivity index (χ4n) is 1.68. The Hall–Kier alpha value is -2.15. The molecule has 0 saturated heterocycles. The second-order valence-corrected chi connectivity index (χ2v) is 3.52. The monoisotopic (exact) mass is 213 g/mol. The summed E-state index contributed by atoms with van der Waals surface area (Å²) in [4.78, 5) is 16.2. The summed E-state index contributed by atoms with van der Waals surface area (Å²) >= 11 is 0. The fourth-order valence-corrected chi connectivity index (χ4v) is 1.68. The van der Waals surface area contributed by atoms with Gasteiger partial charge in [-0.3, -0.25) is 9.36 Å². The second-order valence-electron chi connectivity index (χ2n) is 3.52. The number of rotatable bonds is 2. The van der Waals surface area contributed by atoms with Gasteiger partial charge in [0.1, 0.15) is 6.07 Å². The molecule has 1 aromatic heterocycles. The molecule has 0 spiro atoms. The van der Waals surface area contributed by atoms with Crippen LogP contribution in [0.4, 0.5) is 0 Å². The lowest BCUT2D eigenvalue weighted by atomic mass is 10.2. The van der Waals surface area contributed by atoms with Gasteiger partial charge >= 0.3 is 0 Å². The van der Waals surface area contributed by atoms with Gasteiger partial charge in [-0.15, -0.1) is 0 Å². The first kappa shape index (κ1) is 10.4. The molecule has 4 heteroatoms. The van der Waals surface area contributed by atoms with Crippen molar-refractivity contribution in [2.45, 2.75) is 19.9 Å². The van der Waals surface area contributed by atoms with Crippen LogP contribution in [0.3, 0.4) is 0 Å². The quantitative estimate of drug-likeness (QED) is 0.762. The molecular formula is C12H11N3O. The molecule has 0 aliphatic rings. The highest BCUT2D eigenvalue weighted by Gasteiger charge is 2.08. The normalized spacial score (nSPS) is 10.2. The van der Waals surface area contributed by atoms with Gasteiger partial charge in [0.2, 0.25) is 5.82 Å². The molecule has 0 bridgehead atoms. The highest BCUT2D eigenvalue weighted by atomic mass is 16.1. The first-order valence-corrected chi connectivity index (χ1v) is 5.17. The zero-order chi connectivity index (χ0) is 11.5. The van der Waals surface area contributed by atoms with Gasteiger partial charge in [-0.2, -0.15) is 5.26 Å². The molecule has 4 nitrogen and oxygen atoms in total. The van der Waals surface area contributed by atoms with E-state index >= 15 is 0 Å². The van der Waals surface area contributed by atoms with Crippen molar-refractivity contribution in [1.82, 2.24) is 9.55 Å². The number of benzene rings is 1. The van der Waals surface area contributed by atoms with Crippen molar-refractivity contribution in [3.63, 3.8) is 0 Å². The van der Waals surface area contributed by atoms with Crippen LogP contribution >= 0.6 is 0 Å². The molecule has 0 fully saturated rings. The zero-order valence-corrected chi connectivity index (χ0v) is 8.97. The van der Waals surface area contributed by atoms with Crippen LogP contribution < -0.4 is 5.56 Å². The zero-order valence-electron chi connectivity index (χ0n) is 8.97. The molecule has 0 radical (unpaired) electrons. The molecule has 16 heavy (non-hydrogen) atoms. The van der Waals surface area contributed by atoms with E-state index in [1.807, 2.05) is 13.0 Å². The smallest absolute Gasteiger partial charge is 0.262 e. The van der Waals surface area contributed by atoms with Gasteiger partial charge in [0, 0.05) is 6.54 Å². The fraction of sp³-hybridized carbons (Fsp3) is 0.250. The summed E-state index contributed by atoms with van der Waals surface area (Å²) < 4.78 is 1.43. The lowest BCUT2D eigenvalue weighted by Crippen LogP contribution is -2.24. The van der Waals surface area contributed by atoms with Crippen molar-refractivity contribution in [2.24, 2.45) is 0 Å². The number of hydrogen-bond donors (Lipinski definition) is 0. The summed E-state index contributed by atoms with van der Waals surface area (Å²) in [7, 11) is 0. The minimum Gasteiger partial charge on any atom is -0.284 e. The Morgan fingerprint density at radius 3 is 2.88 bits per heavy atom. The maximum atomic E-state index is 12.1. The Balaban J connectivity index is 2.84. The van der Waals surface area contributed by atoms with Crippen LogP contribution in [0.25, 0.3) is 10.9 Å². The third-order valence-corrected chi connectivity index (χ3v) is 2.41. The average molecular weight is 213 g/mol. The number of nitrogens with zero attached hydrogens (tertiary/aromatic N) is 3. The van der Waals surface area contributed by atoms with Gasteiger partial charge in [-0.1, -0.05) is 19.1 Å². The largest absolute Gasteiger partial charge is 0.284 e. The predicted molar refractivity (Wildman–Crippen MR) is 61.0 cm³/mol. The van der Waals surface area contributed by atoms with E-state index in [-0.39, 0.29) is 11.4 Å². The van der Waals surface area contributed by atoms with E-state index < -0.39 is 0 Å². The molecule has 80 valence electrons. The van der Waals surface area contributed by atoms with Crippen LogP contribution in [0, 0.1) is 11.3 Å². The summed E-state index contributed by atoms with van der Waals surface area (Å²) in [6.07, 6.45) is 0.800. The van der Waals surface area contributed by atoms with Gasteiger partial charge < -0.3 is 0 Å². The van der Waals surface area contributed by atoms with E-state index in [4.69, 9.17) is 5.26 Å². The highest BCUT2D eigenvalue weighted by Crippen LogP contribution is 2.07. The Kier molecular flexibility index (Phi) is 2.69. The third kappa shape index (κ3) is 1.57. The van der Waals surface area contributed by atoms with Crippen molar-refractivity contribution < 1.29 is 0 Å². The second kappa shape index (κ2) is 4.15. The molecule has 0 saturated carbocycles. The number of nitriles is 1.